The van der Waals surface area contributed by atoms with Crippen LogP contribution in [0.2, 0.25) is 0 Å². The molecule has 4 heterocycles. The van der Waals surface area contributed by atoms with Crippen molar-refractivity contribution < 1.29 is 9.53 Å². The van der Waals surface area contributed by atoms with Gasteiger partial charge in [0, 0.05) is 74.9 Å². The largest absolute Gasteiger partial charge is 0.492 e. The van der Waals surface area contributed by atoms with Crippen LogP contribution in [0.15, 0.2) is 30.6 Å². The summed E-state index contributed by atoms with van der Waals surface area (Å²) in [4.78, 5) is 21.9. The number of carbonyl (C=O) groups excluding carboxylic acids is 1. The Bertz CT molecular complexity index is 1120. The van der Waals surface area contributed by atoms with Crippen LogP contribution in [0.3, 0.4) is 0 Å². The van der Waals surface area contributed by atoms with E-state index in [4.69, 9.17) is 4.74 Å². The third-order valence-corrected chi connectivity index (χ3v) is 5.81. The molecule has 162 valence electrons. The first-order chi connectivity index (χ1) is 15.1. The lowest BCUT2D eigenvalue weighted by atomic mass is 10.1. The quantitative estimate of drug-likeness (QED) is 0.673. The SMILES string of the molecule is CCOc1cc2nn(C)cc2cc1NC(=O)N1CCc2c(N3CCNCC3)ccnc21. The Labute approximate surface area is 181 Å². The van der Waals surface area contributed by atoms with Crippen LogP contribution in [0.5, 0.6) is 5.75 Å². The number of anilines is 3. The fourth-order valence-electron chi connectivity index (χ4n) is 4.40. The molecule has 9 nitrogen and oxygen atoms in total. The van der Waals surface area contributed by atoms with E-state index in [2.05, 4.69) is 31.7 Å². The molecule has 3 aromatic rings. The molecule has 0 bridgehead atoms. The lowest BCUT2D eigenvalue weighted by Crippen LogP contribution is -2.43. The molecular formula is C22H27N7O2. The van der Waals surface area contributed by atoms with Crippen LogP contribution in [0, 0.1) is 0 Å². The van der Waals surface area contributed by atoms with Crippen LogP contribution < -0.4 is 25.2 Å². The molecule has 1 aromatic carbocycles. The van der Waals surface area contributed by atoms with Gasteiger partial charge in [0.25, 0.3) is 0 Å². The van der Waals surface area contributed by atoms with Crippen molar-refractivity contribution in [1.82, 2.24) is 20.1 Å². The number of nitrogens with zero attached hydrogens (tertiary/aromatic N) is 5. The topological polar surface area (TPSA) is 87.5 Å². The predicted octanol–water partition coefficient (Wildman–Crippen LogP) is 2.37. The smallest absolute Gasteiger partial charge is 0.327 e. The fraction of sp³-hybridized carbons (Fsp3) is 0.409. The molecule has 0 atom stereocenters. The molecule has 2 N–H and O–H groups in total. The predicted molar refractivity (Wildman–Crippen MR) is 121 cm³/mol. The van der Waals surface area contributed by atoms with E-state index in [9.17, 15) is 4.79 Å². The molecule has 1 saturated heterocycles. The number of aryl methyl sites for hydroxylation is 1. The molecule has 1 fully saturated rings. The average molecular weight is 422 g/mol. The molecule has 31 heavy (non-hydrogen) atoms. The second-order valence-corrected chi connectivity index (χ2v) is 7.84. The number of fused-ring (bicyclic) bond motifs is 2. The van der Waals surface area contributed by atoms with Crippen molar-refractivity contribution in [2.75, 3.05) is 54.4 Å². The summed E-state index contributed by atoms with van der Waals surface area (Å²) in [6.45, 7) is 6.90. The van der Waals surface area contributed by atoms with Gasteiger partial charge in [-0.1, -0.05) is 0 Å². The van der Waals surface area contributed by atoms with E-state index in [1.54, 1.807) is 15.8 Å². The lowest BCUT2D eigenvalue weighted by Gasteiger charge is -2.31. The highest BCUT2D eigenvalue weighted by molar-refractivity contribution is 6.05. The number of hydrogen-bond donors (Lipinski definition) is 2. The summed E-state index contributed by atoms with van der Waals surface area (Å²) in [7, 11) is 1.88. The first kappa shape index (κ1) is 19.6. The number of hydrogen-bond acceptors (Lipinski definition) is 6. The minimum absolute atomic E-state index is 0.201. The molecule has 0 aliphatic carbocycles. The number of ether oxygens (including phenoxy) is 1. The number of aromatic nitrogens is 3. The van der Waals surface area contributed by atoms with Crippen LogP contribution in [0.1, 0.15) is 12.5 Å². The summed E-state index contributed by atoms with van der Waals surface area (Å²) in [6, 6.07) is 5.64. The van der Waals surface area contributed by atoms with Gasteiger partial charge >= 0.3 is 6.03 Å². The van der Waals surface area contributed by atoms with Crippen LogP contribution in [0.25, 0.3) is 10.9 Å². The van der Waals surface area contributed by atoms with Crippen molar-refractivity contribution in [2.24, 2.45) is 7.05 Å². The van der Waals surface area contributed by atoms with Gasteiger partial charge < -0.3 is 20.3 Å². The number of benzene rings is 1. The van der Waals surface area contributed by atoms with Crippen molar-refractivity contribution in [3.63, 3.8) is 0 Å². The van der Waals surface area contributed by atoms with E-state index in [0.29, 0.717) is 24.6 Å². The summed E-state index contributed by atoms with van der Waals surface area (Å²) in [5.41, 5.74) is 3.80. The highest BCUT2D eigenvalue weighted by atomic mass is 16.5. The van der Waals surface area contributed by atoms with E-state index in [-0.39, 0.29) is 6.03 Å². The Morgan fingerprint density at radius 3 is 2.90 bits per heavy atom. The van der Waals surface area contributed by atoms with Gasteiger partial charge in [-0.25, -0.2) is 9.78 Å². The van der Waals surface area contributed by atoms with Crippen LogP contribution >= 0.6 is 0 Å². The van der Waals surface area contributed by atoms with Crippen LogP contribution in [-0.2, 0) is 13.5 Å². The number of amides is 2. The van der Waals surface area contributed by atoms with E-state index in [1.807, 2.05) is 32.3 Å². The average Bonchev–Trinajstić information content (AvgIpc) is 3.37. The van der Waals surface area contributed by atoms with E-state index >= 15 is 0 Å². The normalized spacial score (nSPS) is 15.9. The molecule has 2 aliphatic heterocycles. The third kappa shape index (κ3) is 3.65. The van der Waals surface area contributed by atoms with Gasteiger partial charge in [-0.15, -0.1) is 0 Å². The number of pyridine rings is 1. The van der Waals surface area contributed by atoms with Crippen LogP contribution in [0.4, 0.5) is 22.0 Å². The van der Waals surface area contributed by atoms with Gasteiger partial charge in [0.05, 0.1) is 17.8 Å². The Morgan fingerprint density at radius 1 is 1.26 bits per heavy atom. The maximum Gasteiger partial charge on any atom is 0.327 e. The standard InChI is InChI=1S/C22H27N7O2/c1-3-31-20-13-17-15(14-27(2)26-17)12-18(20)25-22(30)29-9-5-16-19(4-6-24-21(16)29)28-10-7-23-8-11-28/h4,6,12-14,23H,3,5,7-11H2,1-2H3,(H,25,30). The molecule has 9 heteroatoms. The van der Waals surface area contributed by atoms with Crippen molar-refractivity contribution in [1.29, 1.82) is 0 Å². The molecule has 2 aromatic heterocycles. The molecule has 0 spiro atoms. The zero-order valence-electron chi connectivity index (χ0n) is 17.9. The van der Waals surface area contributed by atoms with Gasteiger partial charge in [-0.3, -0.25) is 9.58 Å². The maximum atomic E-state index is 13.2. The Hall–Kier alpha value is -3.33. The summed E-state index contributed by atoms with van der Waals surface area (Å²) >= 11 is 0. The second-order valence-electron chi connectivity index (χ2n) is 7.84. The molecule has 0 saturated carbocycles. The Kier molecular flexibility index (Phi) is 5.11. The first-order valence-corrected chi connectivity index (χ1v) is 10.8. The summed E-state index contributed by atoms with van der Waals surface area (Å²) in [6.07, 6.45) is 4.53. The highest BCUT2D eigenvalue weighted by Gasteiger charge is 2.30. The van der Waals surface area contributed by atoms with Gasteiger partial charge in [0.15, 0.2) is 0 Å². The van der Waals surface area contributed by atoms with Crippen LogP contribution in [-0.4, -0.2) is 60.1 Å². The maximum absolute atomic E-state index is 13.2. The van der Waals surface area contributed by atoms with Gasteiger partial charge in [0.2, 0.25) is 0 Å². The molecular weight excluding hydrogens is 394 g/mol. The van der Waals surface area contributed by atoms with E-state index in [0.717, 1.165) is 54.9 Å². The number of carbonyl (C=O) groups is 1. The summed E-state index contributed by atoms with van der Waals surface area (Å²) in [5.74, 6) is 1.36. The number of rotatable bonds is 4. The fourth-order valence-corrected chi connectivity index (χ4v) is 4.40. The highest BCUT2D eigenvalue weighted by Crippen LogP contribution is 2.35. The first-order valence-electron chi connectivity index (χ1n) is 10.8. The number of nitrogens with one attached hydrogen (secondary N) is 2. The number of urea groups is 1. The molecule has 2 aliphatic rings. The number of piperazine rings is 1. The monoisotopic (exact) mass is 421 g/mol. The molecule has 2 amide bonds. The third-order valence-electron chi connectivity index (χ3n) is 5.81. The van der Waals surface area contributed by atoms with Crippen molar-refractivity contribution in [3.05, 3.63) is 36.2 Å². The summed E-state index contributed by atoms with van der Waals surface area (Å²) < 4.78 is 7.53. The second kappa shape index (κ2) is 8.07. The molecule has 0 radical (unpaired) electrons. The Balaban J connectivity index is 1.42. The van der Waals surface area contributed by atoms with Gasteiger partial charge in [-0.2, -0.15) is 5.10 Å². The summed E-state index contributed by atoms with van der Waals surface area (Å²) in [5, 5.41) is 11.8. The minimum Gasteiger partial charge on any atom is -0.492 e. The van der Waals surface area contributed by atoms with Gasteiger partial charge in [0.1, 0.15) is 11.6 Å². The van der Waals surface area contributed by atoms with Crippen molar-refractivity contribution in [3.8, 4) is 5.75 Å². The molecule has 5 rings (SSSR count). The van der Waals surface area contributed by atoms with E-state index < -0.39 is 0 Å². The zero-order valence-corrected chi connectivity index (χ0v) is 17.9. The minimum atomic E-state index is -0.201. The lowest BCUT2D eigenvalue weighted by molar-refractivity contribution is 0.257. The van der Waals surface area contributed by atoms with Crippen molar-refractivity contribution in [2.45, 2.75) is 13.3 Å². The molecule has 0 unspecified atom stereocenters. The Morgan fingerprint density at radius 2 is 2.10 bits per heavy atom. The zero-order chi connectivity index (χ0) is 21.4. The van der Waals surface area contributed by atoms with Crippen molar-refractivity contribution >= 4 is 34.1 Å². The van der Waals surface area contributed by atoms with Gasteiger partial charge in [-0.05, 0) is 25.5 Å². The van der Waals surface area contributed by atoms with E-state index in [1.165, 1.54) is 5.69 Å².